The van der Waals surface area contributed by atoms with E-state index in [-0.39, 0.29) is 23.8 Å². The van der Waals surface area contributed by atoms with Gasteiger partial charge in [0.1, 0.15) is 17.8 Å². The SMILES string of the molecule is COc1ccc(CNC(=O)[C@H](C)NC(=O)[C@@H]2Cc3c([nH]c4ccccc34)C3c4ccccc4C(=O)N32)cc1. The number of H-pyrrole nitrogens is 1. The third-order valence-electron chi connectivity index (χ3n) is 7.53. The van der Waals surface area contributed by atoms with E-state index < -0.39 is 12.1 Å². The van der Waals surface area contributed by atoms with Crippen LogP contribution >= 0.6 is 0 Å². The number of hydrogen-bond donors (Lipinski definition) is 3. The highest BCUT2D eigenvalue weighted by Crippen LogP contribution is 2.46. The number of carbonyl (C=O) groups excluding carboxylic acids is 3. The molecule has 192 valence electrons. The van der Waals surface area contributed by atoms with Crippen molar-refractivity contribution >= 4 is 28.6 Å². The topological polar surface area (TPSA) is 104 Å². The van der Waals surface area contributed by atoms with Crippen molar-refractivity contribution in [2.24, 2.45) is 0 Å². The van der Waals surface area contributed by atoms with Crippen molar-refractivity contribution in [1.82, 2.24) is 20.5 Å². The third kappa shape index (κ3) is 3.89. The number of amides is 3. The fraction of sp³-hybridized carbons (Fsp3) is 0.233. The van der Waals surface area contributed by atoms with Crippen LogP contribution in [-0.2, 0) is 22.6 Å². The maximum atomic E-state index is 13.7. The maximum Gasteiger partial charge on any atom is 0.255 e. The zero-order valence-electron chi connectivity index (χ0n) is 21.2. The van der Waals surface area contributed by atoms with Crippen LogP contribution < -0.4 is 15.4 Å². The predicted octanol–water partition coefficient (Wildman–Crippen LogP) is 3.47. The minimum atomic E-state index is -0.774. The van der Waals surface area contributed by atoms with Crippen molar-refractivity contribution in [3.05, 3.63) is 101 Å². The number of aromatic nitrogens is 1. The Labute approximate surface area is 220 Å². The average molecular weight is 509 g/mol. The molecule has 2 aliphatic rings. The average Bonchev–Trinajstić information content (AvgIpc) is 3.47. The van der Waals surface area contributed by atoms with Crippen LogP contribution in [-0.4, -0.2) is 46.8 Å². The number of nitrogens with zero attached hydrogens (tertiary/aromatic N) is 1. The molecule has 38 heavy (non-hydrogen) atoms. The molecule has 0 radical (unpaired) electrons. The van der Waals surface area contributed by atoms with Crippen LogP contribution in [0, 0.1) is 0 Å². The molecule has 1 aromatic heterocycles. The minimum Gasteiger partial charge on any atom is -0.497 e. The lowest BCUT2D eigenvalue weighted by atomic mass is 9.90. The van der Waals surface area contributed by atoms with Crippen LogP contribution in [0.5, 0.6) is 5.75 Å². The Balaban J connectivity index is 1.24. The fourth-order valence-corrected chi connectivity index (χ4v) is 5.60. The Morgan fingerprint density at radius 3 is 2.58 bits per heavy atom. The van der Waals surface area contributed by atoms with Crippen molar-refractivity contribution in [3.8, 4) is 5.75 Å². The highest BCUT2D eigenvalue weighted by Gasteiger charge is 2.49. The highest BCUT2D eigenvalue weighted by molar-refractivity contribution is 6.04. The Hall–Kier alpha value is -4.59. The molecule has 3 atom stereocenters. The van der Waals surface area contributed by atoms with Gasteiger partial charge >= 0.3 is 0 Å². The predicted molar refractivity (Wildman–Crippen MR) is 143 cm³/mol. The molecule has 3 heterocycles. The Morgan fingerprint density at radius 2 is 1.79 bits per heavy atom. The molecule has 3 N–H and O–H groups in total. The van der Waals surface area contributed by atoms with Gasteiger partial charge in [-0.1, -0.05) is 48.5 Å². The van der Waals surface area contributed by atoms with Crippen molar-refractivity contribution < 1.29 is 19.1 Å². The third-order valence-corrected chi connectivity index (χ3v) is 7.53. The van der Waals surface area contributed by atoms with E-state index in [4.69, 9.17) is 4.74 Å². The zero-order chi connectivity index (χ0) is 26.4. The summed E-state index contributed by atoms with van der Waals surface area (Å²) < 4.78 is 5.17. The van der Waals surface area contributed by atoms with E-state index >= 15 is 0 Å². The monoisotopic (exact) mass is 508 g/mol. The molecule has 3 aromatic carbocycles. The van der Waals surface area contributed by atoms with Crippen LogP contribution in [0.3, 0.4) is 0 Å². The summed E-state index contributed by atoms with van der Waals surface area (Å²) in [6, 6.07) is 21.0. The second kappa shape index (κ2) is 9.37. The van der Waals surface area contributed by atoms with Gasteiger partial charge in [0, 0.05) is 35.1 Å². The van der Waals surface area contributed by atoms with Gasteiger partial charge in [-0.25, -0.2) is 0 Å². The van der Waals surface area contributed by atoms with E-state index in [1.54, 1.807) is 18.9 Å². The lowest BCUT2D eigenvalue weighted by Gasteiger charge is -2.37. The van der Waals surface area contributed by atoms with E-state index in [1.807, 2.05) is 72.8 Å². The molecule has 2 aliphatic heterocycles. The Kier molecular flexibility index (Phi) is 5.87. The first kappa shape index (κ1) is 23.8. The van der Waals surface area contributed by atoms with Crippen LogP contribution in [0.4, 0.5) is 0 Å². The lowest BCUT2D eigenvalue weighted by molar-refractivity contribution is -0.131. The fourth-order valence-electron chi connectivity index (χ4n) is 5.60. The van der Waals surface area contributed by atoms with E-state index in [1.165, 1.54) is 0 Å². The van der Waals surface area contributed by atoms with E-state index in [0.717, 1.165) is 39.0 Å². The molecule has 6 rings (SSSR count). The smallest absolute Gasteiger partial charge is 0.255 e. The van der Waals surface area contributed by atoms with Gasteiger partial charge in [-0.3, -0.25) is 14.4 Å². The number of hydrogen-bond acceptors (Lipinski definition) is 4. The van der Waals surface area contributed by atoms with Crippen molar-refractivity contribution in [3.63, 3.8) is 0 Å². The summed E-state index contributed by atoms with van der Waals surface area (Å²) in [5.74, 6) is -0.0836. The van der Waals surface area contributed by atoms with Gasteiger partial charge in [-0.2, -0.15) is 0 Å². The summed E-state index contributed by atoms with van der Waals surface area (Å²) in [6.07, 6.45) is 0.363. The van der Waals surface area contributed by atoms with Gasteiger partial charge in [0.05, 0.1) is 13.2 Å². The Morgan fingerprint density at radius 1 is 1.05 bits per heavy atom. The largest absolute Gasteiger partial charge is 0.497 e. The summed E-state index contributed by atoms with van der Waals surface area (Å²) in [5, 5.41) is 6.77. The van der Waals surface area contributed by atoms with Gasteiger partial charge in [0.2, 0.25) is 11.8 Å². The first-order chi connectivity index (χ1) is 18.5. The first-order valence-electron chi connectivity index (χ1n) is 12.7. The van der Waals surface area contributed by atoms with Gasteiger partial charge in [0.25, 0.3) is 5.91 Å². The summed E-state index contributed by atoms with van der Waals surface area (Å²) >= 11 is 0. The van der Waals surface area contributed by atoms with E-state index in [9.17, 15) is 14.4 Å². The van der Waals surface area contributed by atoms with Gasteiger partial charge in [-0.15, -0.1) is 0 Å². The van der Waals surface area contributed by atoms with Crippen LogP contribution in [0.2, 0.25) is 0 Å². The van der Waals surface area contributed by atoms with Gasteiger partial charge < -0.3 is 25.3 Å². The second-order valence-electron chi connectivity index (χ2n) is 9.78. The molecule has 3 amide bonds. The zero-order valence-corrected chi connectivity index (χ0v) is 21.2. The number of methoxy groups -OCH3 is 1. The van der Waals surface area contributed by atoms with Crippen LogP contribution in [0.1, 0.15) is 45.7 Å². The normalized spacial score (nSPS) is 18.4. The number of aromatic amines is 1. The van der Waals surface area contributed by atoms with Gasteiger partial charge in [-0.05, 0) is 47.9 Å². The lowest BCUT2D eigenvalue weighted by Crippen LogP contribution is -2.55. The number of carbonyl (C=O) groups is 3. The molecule has 0 saturated carbocycles. The van der Waals surface area contributed by atoms with Crippen molar-refractivity contribution in [2.45, 2.75) is 38.0 Å². The Bertz CT molecular complexity index is 1560. The number of fused-ring (bicyclic) bond motifs is 7. The van der Waals surface area contributed by atoms with E-state index in [2.05, 4.69) is 15.6 Å². The molecule has 8 heteroatoms. The first-order valence-corrected chi connectivity index (χ1v) is 12.7. The molecular formula is C30H28N4O4. The summed E-state index contributed by atoms with van der Waals surface area (Å²) in [7, 11) is 1.60. The molecule has 4 aromatic rings. The van der Waals surface area contributed by atoms with Crippen LogP contribution in [0.15, 0.2) is 72.8 Å². The quantitative estimate of drug-likeness (QED) is 0.371. The molecule has 8 nitrogen and oxygen atoms in total. The van der Waals surface area contributed by atoms with Gasteiger partial charge in [0.15, 0.2) is 0 Å². The molecule has 0 aliphatic carbocycles. The standard InChI is InChI=1S/C30H28N4O4/c1-17(28(35)31-16-18-11-13-19(38-2)14-12-18)32-29(36)25-15-23-20-7-5-6-10-24(20)33-26(23)27-21-8-3-4-9-22(21)30(37)34(25)27/h3-14,17,25,27,33H,15-16H2,1-2H3,(H,31,35)(H,32,36)/t17-,25-,27?/m0/s1. The van der Waals surface area contributed by atoms with Crippen LogP contribution in [0.25, 0.3) is 10.9 Å². The maximum absolute atomic E-state index is 13.7. The molecule has 0 spiro atoms. The number of ether oxygens (including phenoxy) is 1. The number of para-hydroxylation sites is 1. The highest BCUT2D eigenvalue weighted by atomic mass is 16.5. The number of nitrogens with one attached hydrogen (secondary N) is 3. The summed E-state index contributed by atoms with van der Waals surface area (Å²) in [5.41, 5.74) is 5.35. The second-order valence-corrected chi connectivity index (χ2v) is 9.78. The number of rotatable bonds is 6. The molecule has 0 saturated heterocycles. The summed E-state index contributed by atoms with van der Waals surface area (Å²) in [4.78, 5) is 45.2. The van der Waals surface area contributed by atoms with Crippen molar-refractivity contribution in [1.29, 1.82) is 0 Å². The molecule has 0 fully saturated rings. The number of benzene rings is 3. The minimum absolute atomic E-state index is 0.174. The molecule has 1 unspecified atom stereocenters. The molecular weight excluding hydrogens is 480 g/mol. The molecule has 0 bridgehead atoms. The van der Waals surface area contributed by atoms with Crippen molar-refractivity contribution in [2.75, 3.05) is 7.11 Å². The van der Waals surface area contributed by atoms with E-state index in [0.29, 0.717) is 18.5 Å². The summed E-state index contributed by atoms with van der Waals surface area (Å²) in [6.45, 7) is 1.98.